The number of benzene rings is 1. The van der Waals surface area contributed by atoms with Crippen LogP contribution in [0.2, 0.25) is 0 Å². The van der Waals surface area contributed by atoms with Gasteiger partial charge in [0.05, 0.1) is 0 Å². The smallest absolute Gasteiger partial charge is 0.410 e. The van der Waals surface area contributed by atoms with Gasteiger partial charge in [0.25, 0.3) is 0 Å². The number of hydrogen-bond acceptors (Lipinski definition) is 2. The van der Waals surface area contributed by atoms with Crippen LogP contribution in [0.25, 0.3) is 0 Å². The van der Waals surface area contributed by atoms with Crippen molar-refractivity contribution in [2.45, 2.75) is 58.9 Å². The minimum Gasteiger partial charge on any atom is -0.410 e. The molecule has 0 spiro atoms. The van der Waals surface area contributed by atoms with Crippen molar-refractivity contribution in [1.29, 1.82) is 0 Å². The minimum atomic E-state index is -0.230. The molecule has 1 aliphatic carbocycles. The number of aryl methyl sites for hydroxylation is 3. The van der Waals surface area contributed by atoms with Crippen LogP contribution in [0.1, 0.15) is 48.8 Å². The van der Waals surface area contributed by atoms with Gasteiger partial charge >= 0.3 is 6.09 Å². The molecule has 0 N–H and O–H groups in total. The summed E-state index contributed by atoms with van der Waals surface area (Å²) in [6.45, 7) is 6.03. The highest BCUT2D eigenvalue weighted by Gasteiger charge is 2.24. The van der Waals surface area contributed by atoms with Crippen LogP contribution in [0.4, 0.5) is 4.79 Å². The van der Waals surface area contributed by atoms with Crippen molar-refractivity contribution in [3.63, 3.8) is 0 Å². The first-order valence-corrected chi connectivity index (χ1v) is 7.51. The molecule has 0 unspecified atom stereocenters. The van der Waals surface area contributed by atoms with Crippen LogP contribution in [0.5, 0.6) is 5.75 Å². The van der Waals surface area contributed by atoms with Crippen LogP contribution in [0.3, 0.4) is 0 Å². The van der Waals surface area contributed by atoms with Crippen LogP contribution in [0, 0.1) is 20.8 Å². The molecule has 1 aromatic rings. The topological polar surface area (TPSA) is 29.5 Å². The predicted octanol–water partition coefficient (Wildman–Crippen LogP) is 4.38. The Bertz CT molecular complexity index is 467. The van der Waals surface area contributed by atoms with E-state index in [1.165, 1.54) is 24.8 Å². The molecule has 1 saturated carbocycles. The number of ether oxygens (including phenoxy) is 1. The molecule has 110 valence electrons. The van der Waals surface area contributed by atoms with E-state index in [2.05, 4.69) is 19.1 Å². The standard InChI is InChI=1S/C17H25NO2/c1-12-10-13(2)16(14(3)11-12)20-17(19)18(4)15-8-6-5-7-9-15/h10-11,15H,5-9H2,1-4H3. The average Bonchev–Trinajstić information content (AvgIpc) is 2.42. The highest BCUT2D eigenvalue weighted by atomic mass is 16.6. The SMILES string of the molecule is Cc1cc(C)c(OC(=O)N(C)C2CCCCC2)c(C)c1. The average molecular weight is 275 g/mol. The summed E-state index contributed by atoms with van der Waals surface area (Å²) in [6, 6.07) is 4.44. The van der Waals surface area contributed by atoms with Crippen molar-refractivity contribution in [2.75, 3.05) is 7.05 Å². The molecule has 1 aromatic carbocycles. The number of hydrogen-bond donors (Lipinski definition) is 0. The molecule has 3 heteroatoms. The zero-order valence-corrected chi connectivity index (χ0v) is 13.0. The van der Waals surface area contributed by atoms with E-state index in [0.717, 1.165) is 24.0 Å². The lowest BCUT2D eigenvalue weighted by molar-refractivity contribution is 0.132. The molecule has 3 nitrogen and oxygen atoms in total. The van der Waals surface area contributed by atoms with E-state index in [9.17, 15) is 4.79 Å². The molecule has 1 amide bonds. The molecule has 0 atom stereocenters. The number of amides is 1. The Labute approximate surface area is 121 Å². The van der Waals surface area contributed by atoms with E-state index in [-0.39, 0.29) is 6.09 Å². The van der Waals surface area contributed by atoms with Crippen LogP contribution in [-0.2, 0) is 0 Å². The third-order valence-corrected chi connectivity index (χ3v) is 4.20. The molecule has 0 aliphatic heterocycles. The Morgan fingerprint density at radius 1 is 1.10 bits per heavy atom. The summed E-state index contributed by atoms with van der Waals surface area (Å²) in [5.41, 5.74) is 3.24. The Morgan fingerprint density at radius 3 is 2.20 bits per heavy atom. The summed E-state index contributed by atoms with van der Waals surface area (Å²) in [7, 11) is 1.86. The van der Waals surface area contributed by atoms with Gasteiger partial charge in [-0.25, -0.2) is 4.79 Å². The molecule has 2 rings (SSSR count). The maximum absolute atomic E-state index is 12.3. The van der Waals surface area contributed by atoms with Gasteiger partial charge in [-0.05, 0) is 44.7 Å². The number of carbonyl (C=O) groups excluding carboxylic acids is 1. The molecular formula is C17H25NO2. The van der Waals surface area contributed by atoms with Gasteiger partial charge in [0, 0.05) is 13.1 Å². The Morgan fingerprint density at radius 2 is 1.65 bits per heavy atom. The predicted molar refractivity (Wildman–Crippen MR) is 81.3 cm³/mol. The van der Waals surface area contributed by atoms with Gasteiger partial charge in [0.1, 0.15) is 5.75 Å². The zero-order valence-electron chi connectivity index (χ0n) is 13.0. The lowest BCUT2D eigenvalue weighted by Crippen LogP contribution is -2.40. The van der Waals surface area contributed by atoms with Crippen molar-refractivity contribution < 1.29 is 9.53 Å². The van der Waals surface area contributed by atoms with Crippen molar-refractivity contribution in [2.24, 2.45) is 0 Å². The maximum atomic E-state index is 12.3. The fraction of sp³-hybridized carbons (Fsp3) is 0.588. The van der Waals surface area contributed by atoms with Crippen molar-refractivity contribution >= 4 is 6.09 Å². The van der Waals surface area contributed by atoms with Gasteiger partial charge < -0.3 is 9.64 Å². The van der Waals surface area contributed by atoms with Crippen LogP contribution < -0.4 is 4.74 Å². The monoisotopic (exact) mass is 275 g/mol. The van der Waals surface area contributed by atoms with Gasteiger partial charge in [0.15, 0.2) is 0 Å². The summed E-state index contributed by atoms with van der Waals surface area (Å²) in [5, 5.41) is 0. The quantitative estimate of drug-likeness (QED) is 0.802. The molecule has 1 fully saturated rings. The van der Waals surface area contributed by atoms with Crippen molar-refractivity contribution in [3.05, 3.63) is 28.8 Å². The van der Waals surface area contributed by atoms with Crippen LogP contribution in [0.15, 0.2) is 12.1 Å². The fourth-order valence-electron chi connectivity index (χ4n) is 3.10. The third kappa shape index (κ3) is 3.33. The second kappa shape index (κ2) is 6.29. The van der Waals surface area contributed by atoms with Gasteiger partial charge in [-0.15, -0.1) is 0 Å². The summed E-state index contributed by atoms with van der Waals surface area (Å²) < 4.78 is 5.63. The van der Waals surface area contributed by atoms with E-state index in [4.69, 9.17) is 4.74 Å². The van der Waals surface area contributed by atoms with Gasteiger partial charge in [-0.3, -0.25) is 0 Å². The second-order valence-corrected chi connectivity index (χ2v) is 6.00. The largest absolute Gasteiger partial charge is 0.415 e. The first-order chi connectivity index (χ1) is 9.49. The number of carbonyl (C=O) groups is 1. The molecule has 0 bridgehead atoms. The third-order valence-electron chi connectivity index (χ3n) is 4.20. The van der Waals surface area contributed by atoms with Crippen LogP contribution in [-0.4, -0.2) is 24.1 Å². The Balaban J connectivity index is 2.07. The molecule has 0 heterocycles. The molecule has 0 aromatic heterocycles. The highest BCUT2D eigenvalue weighted by Crippen LogP contribution is 2.27. The molecule has 0 radical (unpaired) electrons. The Kier molecular flexibility index (Phi) is 4.69. The fourth-order valence-corrected chi connectivity index (χ4v) is 3.10. The summed E-state index contributed by atoms with van der Waals surface area (Å²) in [5.74, 6) is 0.711. The van der Waals surface area contributed by atoms with Gasteiger partial charge in [-0.2, -0.15) is 0 Å². The summed E-state index contributed by atoms with van der Waals surface area (Å²) >= 11 is 0. The van der Waals surface area contributed by atoms with E-state index < -0.39 is 0 Å². The summed E-state index contributed by atoms with van der Waals surface area (Å²) in [6.07, 6.45) is 5.67. The lowest BCUT2D eigenvalue weighted by atomic mass is 9.95. The maximum Gasteiger partial charge on any atom is 0.415 e. The first kappa shape index (κ1) is 14.9. The van der Waals surface area contributed by atoms with Crippen molar-refractivity contribution in [1.82, 2.24) is 4.90 Å². The molecular weight excluding hydrogens is 250 g/mol. The highest BCUT2D eigenvalue weighted by molar-refractivity contribution is 5.72. The first-order valence-electron chi connectivity index (χ1n) is 7.51. The van der Waals surface area contributed by atoms with E-state index >= 15 is 0 Å². The Hall–Kier alpha value is -1.51. The number of nitrogens with zero attached hydrogens (tertiary/aromatic N) is 1. The lowest BCUT2D eigenvalue weighted by Gasteiger charge is -2.30. The normalized spacial score (nSPS) is 16.0. The molecule has 0 saturated heterocycles. The van der Waals surface area contributed by atoms with Gasteiger partial charge in [-0.1, -0.05) is 37.0 Å². The summed E-state index contributed by atoms with van der Waals surface area (Å²) in [4.78, 5) is 14.1. The van der Waals surface area contributed by atoms with Gasteiger partial charge in [0.2, 0.25) is 0 Å². The van der Waals surface area contributed by atoms with Crippen LogP contribution >= 0.6 is 0 Å². The molecule has 20 heavy (non-hydrogen) atoms. The van der Waals surface area contributed by atoms with Crippen molar-refractivity contribution in [3.8, 4) is 5.75 Å². The van der Waals surface area contributed by atoms with E-state index in [1.54, 1.807) is 4.90 Å². The second-order valence-electron chi connectivity index (χ2n) is 6.00. The van der Waals surface area contributed by atoms with E-state index in [1.807, 2.05) is 20.9 Å². The van der Waals surface area contributed by atoms with E-state index in [0.29, 0.717) is 11.8 Å². The minimum absolute atomic E-state index is 0.230. The number of rotatable bonds is 2. The molecule has 1 aliphatic rings. The zero-order chi connectivity index (χ0) is 14.7.